The predicted octanol–water partition coefficient (Wildman–Crippen LogP) is 14.6. The van der Waals surface area contributed by atoms with E-state index < -0.39 is 0 Å². The smallest absolute Gasteiger partial charge is 0.264 e. The Bertz CT molecular complexity index is 3130. The standard InChI is InChI=1S/C58H49BN2S/c1-57(2,3)44-29-23-39(24-30-44)41-17-13-20-47(35-41)61-51-22-14-21-50-54(51)59(56-55(61)48-36-42(28-34-53(48)62-56)38-15-9-7-10-16-38)49-33-27-43(40-25-31-45(32-26-40)58(4,5)6)37-52(49)60(50)46-18-11-8-12-19-46/h7-37H,1-6H3. The van der Waals surface area contributed by atoms with Crippen molar-refractivity contribution in [1.82, 2.24) is 0 Å². The molecule has 11 rings (SSSR count). The van der Waals surface area contributed by atoms with E-state index in [0.29, 0.717) is 0 Å². The van der Waals surface area contributed by atoms with Crippen LogP contribution in [0.2, 0.25) is 0 Å². The van der Waals surface area contributed by atoms with Crippen molar-refractivity contribution in [1.29, 1.82) is 0 Å². The van der Waals surface area contributed by atoms with Gasteiger partial charge in [-0.1, -0.05) is 175 Å². The van der Waals surface area contributed by atoms with Crippen LogP contribution in [0.4, 0.5) is 34.1 Å². The van der Waals surface area contributed by atoms with Crippen LogP contribution in [0.1, 0.15) is 52.7 Å². The number of anilines is 6. The molecule has 62 heavy (non-hydrogen) atoms. The zero-order chi connectivity index (χ0) is 42.3. The summed E-state index contributed by atoms with van der Waals surface area (Å²) in [5.41, 5.74) is 20.1. The first-order valence-electron chi connectivity index (χ1n) is 21.9. The fraction of sp³-hybridized carbons (Fsp3) is 0.138. The Morgan fingerprint density at radius 3 is 1.55 bits per heavy atom. The molecule has 4 heteroatoms. The van der Waals surface area contributed by atoms with Crippen molar-refractivity contribution in [2.75, 3.05) is 9.80 Å². The Labute approximate surface area is 370 Å². The van der Waals surface area contributed by atoms with Gasteiger partial charge in [-0.25, -0.2) is 0 Å². The fourth-order valence-electron chi connectivity index (χ4n) is 9.68. The number of hydrogen-bond donors (Lipinski definition) is 0. The molecule has 0 amide bonds. The van der Waals surface area contributed by atoms with Gasteiger partial charge in [0.1, 0.15) is 0 Å². The highest BCUT2D eigenvalue weighted by Gasteiger charge is 2.45. The lowest BCUT2D eigenvalue weighted by Crippen LogP contribution is -2.60. The summed E-state index contributed by atoms with van der Waals surface area (Å²) in [5, 5.41) is 1.28. The van der Waals surface area contributed by atoms with Crippen LogP contribution in [-0.4, -0.2) is 6.71 Å². The molecule has 2 nitrogen and oxygen atoms in total. The molecule has 0 saturated heterocycles. The molecule has 0 spiro atoms. The van der Waals surface area contributed by atoms with Crippen LogP contribution in [0.15, 0.2) is 188 Å². The quantitative estimate of drug-likeness (QED) is 0.160. The van der Waals surface area contributed by atoms with Gasteiger partial charge in [0.15, 0.2) is 0 Å². The molecule has 2 aliphatic heterocycles. The zero-order valence-electron chi connectivity index (χ0n) is 36.3. The van der Waals surface area contributed by atoms with E-state index >= 15 is 0 Å². The molecule has 0 unspecified atom stereocenters. The van der Waals surface area contributed by atoms with E-state index in [9.17, 15) is 0 Å². The summed E-state index contributed by atoms with van der Waals surface area (Å²) in [7, 11) is 0. The average Bonchev–Trinajstić information content (AvgIpc) is 3.67. The summed E-state index contributed by atoms with van der Waals surface area (Å²) < 4.78 is 2.67. The minimum Gasteiger partial charge on any atom is -0.311 e. The molecule has 0 N–H and O–H groups in total. The fourth-order valence-corrected chi connectivity index (χ4v) is 11.0. The van der Waals surface area contributed by atoms with E-state index in [0.717, 1.165) is 11.4 Å². The summed E-state index contributed by atoms with van der Waals surface area (Å²) in [5.74, 6) is 0. The van der Waals surface area contributed by atoms with Gasteiger partial charge in [0.25, 0.3) is 6.71 Å². The Balaban J connectivity index is 1.15. The van der Waals surface area contributed by atoms with Crippen molar-refractivity contribution >= 4 is 78.0 Å². The highest BCUT2D eigenvalue weighted by molar-refractivity contribution is 7.33. The van der Waals surface area contributed by atoms with Gasteiger partial charge in [-0.3, -0.25) is 0 Å². The first kappa shape index (κ1) is 38.3. The summed E-state index contributed by atoms with van der Waals surface area (Å²) in [4.78, 5) is 5.08. The molecular formula is C58H49BN2S. The van der Waals surface area contributed by atoms with Gasteiger partial charge in [0.2, 0.25) is 0 Å². The first-order chi connectivity index (χ1) is 30.0. The third kappa shape index (κ3) is 6.39. The number of thiophene rings is 1. The average molecular weight is 817 g/mol. The summed E-state index contributed by atoms with van der Waals surface area (Å²) in [6.07, 6.45) is 0. The molecule has 0 atom stereocenters. The van der Waals surface area contributed by atoms with Gasteiger partial charge in [-0.2, -0.15) is 0 Å². The van der Waals surface area contributed by atoms with E-state index in [-0.39, 0.29) is 17.5 Å². The Morgan fingerprint density at radius 1 is 0.403 bits per heavy atom. The highest BCUT2D eigenvalue weighted by atomic mass is 32.1. The van der Waals surface area contributed by atoms with Crippen LogP contribution in [-0.2, 0) is 10.8 Å². The Kier molecular flexibility index (Phi) is 8.96. The van der Waals surface area contributed by atoms with Crippen molar-refractivity contribution < 1.29 is 0 Å². The van der Waals surface area contributed by atoms with Gasteiger partial charge in [-0.05, 0) is 121 Å². The second-order valence-corrected chi connectivity index (χ2v) is 20.1. The molecule has 1 aromatic heterocycles. The van der Waals surface area contributed by atoms with Gasteiger partial charge in [0, 0.05) is 43.3 Å². The molecule has 0 radical (unpaired) electrons. The topological polar surface area (TPSA) is 6.48 Å². The molecule has 300 valence electrons. The lowest BCUT2D eigenvalue weighted by molar-refractivity contribution is 0.590. The summed E-state index contributed by atoms with van der Waals surface area (Å²) in [6.45, 7) is 13.7. The molecule has 0 fully saturated rings. The van der Waals surface area contributed by atoms with Gasteiger partial charge < -0.3 is 9.80 Å². The van der Waals surface area contributed by atoms with Crippen molar-refractivity contribution in [2.45, 2.75) is 52.4 Å². The van der Waals surface area contributed by atoms with E-state index in [1.807, 2.05) is 11.3 Å². The van der Waals surface area contributed by atoms with Crippen LogP contribution >= 0.6 is 11.3 Å². The second-order valence-electron chi connectivity index (χ2n) is 19.0. The number of fused-ring (bicyclic) bond motifs is 6. The maximum absolute atomic E-state index is 2.57. The number of rotatable bonds is 5. The second kappa shape index (κ2) is 14.5. The van der Waals surface area contributed by atoms with Crippen molar-refractivity contribution in [3.8, 4) is 33.4 Å². The predicted molar refractivity (Wildman–Crippen MR) is 270 cm³/mol. The third-order valence-corrected chi connectivity index (χ3v) is 14.2. The maximum Gasteiger partial charge on any atom is 0.264 e. The van der Waals surface area contributed by atoms with Crippen molar-refractivity contribution in [2.24, 2.45) is 0 Å². The summed E-state index contributed by atoms with van der Waals surface area (Å²) in [6, 6.07) is 70.5. The molecule has 0 saturated carbocycles. The van der Waals surface area contributed by atoms with E-state index in [1.54, 1.807) is 0 Å². The third-order valence-electron chi connectivity index (χ3n) is 13.0. The molecule has 0 aliphatic carbocycles. The number of para-hydroxylation sites is 1. The summed E-state index contributed by atoms with van der Waals surface area (Å²) >= 11 is 1.95. The van der Waals surface area contributed by atoms with Crippen LogP contribution < -0.4 is 25.5 Å². The molecule has 8 aromatic carbocycles. The lowest BCUT2D eigenvalue weighted by Gasteiger charge is -2.43. The number of nitrogens with zero attached hydrogens (tertiary/aromatic N) is 2. The van der Waals surface area contributed by atoms with Gasteiger partial charge in [-0.15, -0.1) is 11.3 Å². The van der Waals surface area contributed by atoms with Crippen molar-refractivity contribution in [3.05, 3.63) is 199 Å². The monoisotopic (exact) mass is 816 g/mol. The minimum absolute atomic E-state index is 0.0467. The van der Waals surface area contributed by atoms with Crippen LogP contribution in [0.5, 0.6) is 0 Å². The Morgan fingerprint density at radius 2 is 0.903 bits per heavy atom. The highest BCUT2D eigenvalue weighted by Crippen LogP contribution is 2.49. The Hall–Kier alpha value is -6.62. The van der Waals surface area contributed by atoms with E-state index in [1.165, 1.54) is 93.0 Å². The first-order valence-corrected chi connectivity index (χ1v) is 22.7. The zero-order valence-corrected chi connectivity index (χ0v) is 37.1. The lowest BCUT2D eigenvalue weighted by atomic mass is 9.36. The molecular weight excluding hydrogens is 768 g/mol. The van der Waals surface area contributed by atoms with Crippen LogP contribution in [0, 0.1) is 0 Å². The van der Waals surface area contributed by atoms with Crippen molar-refractivity contribution in [3.63, 3.8) is 0 Å². The van der Waals surface area contributed by atoms with Crippen LogP contribution in [0.3, 0.4) is 0 Å². The molecule has 2 aliphatic rings. The molecule has 0 bridgehead atoms. The number of hydrogen-bond acceptors (Lipinski definition) is 3. The molecule has 3 heterocycles. The minimum atomic E-state index is 0.0467. The van der Waals surface area contributed by atoms with Gasteiger partial charge >= 0.3 is 0 Å². The van der Waals surface area contributed by atoms with E-state index in [4.69, 9.17) is 0 Å². The van der Waals surface area contributed by atoms with E-state index in [2.05, 4.69) is 239 Å². The van der Waals surface area contributed by atoms with Crippen LogP contribution in [0.25, 0.3) is 43.5 Å². The molecule has 9 aromatic rings. The number of benzene rings is 8. The SMILES string of the molecule is CC(C)(C)c1ccc(-c2cccc(N3c4cccc5c4B(c4ccc(-c6ccc(C(C)(C)C)cc6)cc4N5c4ccccc4)c4sc5ccc(-c6ccccc6)cc5c43)c2)cc1. The maximum atomic E-state index is 2.57. The largest absolute Gasteiger partial charge is 0.311 e. The van der Waals surface area contributed by atoms with Gasteiger partial charge in [0.05, 0.1) is 5.69 Å². The normalized spacial score (nSPS) is 13.2.